The first-order valence-corrected chi connectivity index (χ1v) is 6.79. The fraction of sp³-hybridized carbons (Fsp3) is 0. The molecular formula is C18H12O4. The highest BCUT2D eigenvalue weighted by Crippen LogP contribution is 2.49. The Labute approximate surface area is 125 Å². The summed E-state index contributed by atoms with van der Waals surface area (Å²) in [6, 6.07) is 13.8. The van der Waals surface area contributed by atoms with E-state index in [-0.39, 0.29) is 28.0 Å². The van der Waals surface area contributed by atoms with Crippen molar-refractivity contribution in [2.24, 2.45) is 0 Å². The fourth-order valence-electron chi connectivity index (χ4n) is 3.04. The van der Waals surface area contributed by atoms with Crippen LogP contribution in [-0.2, 0) is 0 Å². The SMILES string of the molecule is Oc1c(O)c2c(O)c3c(O)cccc3cc2c2ccccc12. The van der Waals surface area contributed by atoms with Gasteiger partial charge in [0.1, 0.15) is 11.5 Å². The zero-order valence-electron chi connectivity index (χ0n) is 11.4. The minimum Gasteiger partial charge on any atom is -0.507 e. The Morgan fingerprint density at radius 3 is 2.05 bits per heavy atom. The molecule has 0 saturated carbocycles. The maximum absolute atomic E-state index is 10.5. The van der Waals surface area contributed by atoms with Gasteiger partial charge in [-0.3, -0.25) is 0 Å². The molecule has 0 fully saturated rings. The Bertz CT molecular complexity index is 1070. The molecule has 4 N–H and O–H groups in total. The first-order valence-electron chi connectivity index (χ1n) is 6.79. The molecule has 4 aromatic carbocycles. The standard InChI is InChI=1S/C18H12O4/c19-13-7-3-4-9-8-12-10-5-1-2-6-11(10)16(20)18(22)15(12)17(21)14(9)13/h1-8,19-22H. The normalized spacial score (nSPS) is 11.5. The lowest BCUT2D eigenvalue weighted by Crippen LogP contribution is -1.84. The zero-order valence-corrected chi connectivity index (χ0v) is 11.4. The summed E-state index contributed by atoms with van der Waals surface area (Å²) >= 11 is 0. The van der Waals surface area contributed by atoms with E-state index in [9.17, 15) is 20.4 Å². The molecule has 0 bridgehead atoms. The van der Waals surface area contributed by atoms with Crippen LogP contribution in [0.1, 0.15) is 0 Å². The van der Waals surface area contributed by atoms with Gasteiger partial charge in [-0.2, -0.15) is 0 Å². The van der Waals surface area contributed by atoms with Gasteiger partial charge in [0.15, 0.2) is 11.5 Å². The number of benzene rings is 4. The number of rotatable bonds is 0. The van der Waals surface area contributed by atoms with Crippen molar-refractivity contribution in [3.63, 3.8) is 0 Å². The first-order chi connectivity index (χ1) is 10.6. The Morgan fingerprint density at radius 1 is 0.545 bits per heavy atom. The van der Waals surface area contributed by atoms with Crippen LogP contribution < -0.4 is 0 Å². The van der Waals surface area contributed by atoms with Crippen LogP contribution in [0.2, 0.25) is 0 Å². The fourth-order valence-corrected chi connectivity index (χ4v) is 3.04. The molecule has 0 aliphatic rings. The van der Waals surface area contributed by atoms with Crippen molar-refractivity contribution in [2.75, 3.05) is 0 Å². The van der Waals surface area contributed by atoms with Crippen molar-refractivity contribution in [1.29, 1.82) is 0 Å². The van der Waals surface area contributed by atoms with Crippen LogP contribution in [0.3, 0.4) is 0 Å². The van der Waals surface area contributed by atoms with Gasteiger partial charge >= 0.3 is 0 Å². The number of phenols is 4. The van der Waals surface area contributed by atoms with E-state index in [0.717, 1.165) is 0 Å². The van der Waals surface area contributed by atoms with Crippen LogP contribution in [0.4, 0.5) is 0 Å². The van der Waals surface area contributed by atoms with Crippen molar-refractivity contribution in [3.05, 3.63) is 48.5 Å². The second-order valence-electron chi connectivity index (χ2n) is 5.27. The van der Waals surface area contributed by atoms with E-state index < -0.39 is 5.75 Å². The molecule has 0 aliphatic carbocycles. The van der Waals surface area contributed by atoms with E-state index >= 15 is 0 Å². The molecule has 0 spiro atoms. The quantitative estimate of drug-likeness (QED) is 0.224. The summed E-state index contributed by atoms with van der Waals surface area (Å²) in [6.07, 6.45) is 0. The number of hydrogen-bond donors (Lipinski definition) is 4. The average molecular weight is 292 g/mol. The molecule has 0 heterocycles. The van der Waals surface area contributed by atoms with E-state index in [4.69, 9.17) is 0 Å². The minimum absolute atomic E-state index is 0.0797. The molecule has 108 valence electrons. The van der Waals surface area contributed by atoms with Gasteiger partial charge in [0, 0.05) is 5.39 Å². The predicted octanol–water partition coefficient (Wildman–Crippen LogP) is 3.97. The first kappa shape index (κ1) is 12.6. The van der Waals surface area contributed by atoms with Crippen LogP contribution in [0.15, 0.2) is 48.5 Å². The summed E-state index contributed by atoms with van der Waals surface area (Å²) in [7, 11) is 0. The monoisotopic (exact) mass is 292 g/mol. The highest BCUT2D eigenvalue weighted by molar-refractivity contribution is 6.20. The van der Waals surface area contributed by atoms with Crippen LogP contribution >= 0.6 is 0 Å². The molecule has 0 aromatic heterocycles. The second-order valence-corrected chi connectivity index (χ2v) is 5.27. The van der Waals surface area contributed by atoms with Crippen LogP contribution in [-0.4, -0.2) is 20.4 Å². The summed E-state index contributed by atoms with van der Waals surface area (Å²) in [6.45, 7) is 0. The number of phenolic OH excluding ortho intramolecular Hbond substituents is 4. The van der Waals surface area contributed by atoms with E-state index in [1.54, 1.807) is 30.3 Å². The molecule has 0 amide bonds. The molecule has 4 nitrogen and oxygen atoms in total. The van der Waals surface area contributed by atoms with E-state index in [0.29, 0.717) is 21.5 Å². The van der Waals surface area contributed by atoms with Crippen LogP contribution in [0.25, 0.3) is 32.3 Å². The molecular weight excluding hydrogens is 280 g/mol. The molecule has 0 radical (unpaired) electrons. The highest BCUT2D eigenvalue weighted by atomic mass is 16.3. The summed E-state index contributed by atoms with van der Waals surface area (Å²) in [5.74, 6) is -1.00. The lowest BCUT2D eigenvalue weighted by atomic mass is 9.95. The molecule has 0 unspecified atom stereocenters. The Morgan fingerprint density at radius 2 is 1.27 bits per heavy atom. The smallest absolute Gasteiger partial charge is 0.169 e. The van der Waals surface area contributed by atoms with Crippen molar-refractivity contribution < 1.29 is 20.4 Å². The van der Waals surface area contributed by atoms with Gasteiger partial charge in [-0.15, -0.1) is 0 Å². The average Bonchev–Trinajstić information content (AvgIpc) is 2.52. The number of hydrogen-bond acceptors (Lipinski definition) is 4. The van der Waals surface area contributed by atoms with Gasteiger partial charge < -0.3 is 20.4 Å². The third-order valence-corrected chi connectivity index (χ3v) is 4.05. The summed E-state index contributed by atoms with van der Waals surface area (Å²) in [5.41, 5.74) is 0. The van der Waals surface area contributed by atoms with Gasteiger partial charge in [-0.25, -0.2) is 0 Å². The van der Waals surface area contributed by atoms with Crippen LogP contribution in [0.5, 0.6) is 23.0 Å². The van der Waals surface area contributed by atoms with Gasteiger partial charge in [0.25, 0.3) is 0 Å². The molecule has 0 saturated heterocycles. The predicted molar refractivity (Wildman–Crippen MR) is 85.6 cm³/mol. The van der Waals surface area contributed by atoms with E-state index in [2.05, 4.69) is 0 Å². The largest absolute Gasteiger partial charge is 0.507 e. The molecule has 22 heavy (non-hydrogen) atoms. The number of fused-ring (bicyclic) bond motifs is 4. The van der Waals surface area contributed by atoms with Gasteiger partial charge in [-0.05, 0) is 28.3 Å². The Balaban J connectivity index is 2.39. The highest BCUT2D eigenvalue weighted by Gasteiger charge is 2.19. The van der Waals surface area contributed by atoms with Gasteiger partial charge in [0.05, 0.1) is 10.8 Å². The molecule has 0 atom stereocenters. The summed E-state index contributed by atoms with van der Waals surface area (Å²) in [5, 5.41) is 43.9. The lowest BCUT2D eigenvalue weighted by molar-refractivity contribution is 0.409. The zero-order chi connectivity index (χ0) is 15.4. The molecule has 4 aromatic rings. The van der Waals surface area contributed by atoms with E-state index in [1.807, 2.05) is 12.1 Å². The Hall–Kier alpha value is -3.14. The van der Waals surface area contributed by atoms with Crippen molar-refractivity contribution in [3.8, 4) is 23.0 Å². The summed E-state index contributed by atoms with van der Waals surface area (Å²) in [4.78, 5) is 0. The topological polar surface area (TPSA) is 80.9 Å². The number of aromatic hydroxyl groups is 4. The van der Waals surface area contributed by atoms with Crippen molar-refractivity contribution in [2.45, 2.75) is 0 Å². The van der Waals surface area contributed by atoms with Gasteiger partial charge in [-0.1, -0.05) is 36.4 Å². The van der Waals surface area contributed by atoms with Crippen molar-refractivity contribution in [1.82, 2.24) is 0 Å². The summed E-state index contributed by atoms with van der Waals surface area (Å²) < 4.78 is 0. The van der Waals surface area contributed by atoms with Crippen LogP contribution in [0, 0.1) is 0 Å². The second kappa shape index (κ2) is 4.18. The lowest BCUT2D eigenvalue weighted by Gasteiger charge is -2.13. The maximum Gasteiger partial charge on any atom is 0.169 e. The van der Waals surface area contributed by atoms with Gasteiger partial charge in [0.2, 0.25) is 0 Å². The molecule has 4 heteroatoms. The van der Waals surface area contributed by atoms with Crippen molar-refractivity contribution >= 4 is 32.3 Å². The minimum atomic E-state index is -0.392. The maximum atomic E-state index is 10.5. The third-order valence-electron chi connectivity index (χ3n) is 4.05. The Kier molecular flexibility index (Phi) is 2.39. The molecule has 4 rings (SSSR count). The third kappa shape index (κ3) is 1.46. The van der Waals surface area contributed by atoms with E-state index in [1.165, 1.54) is 6.07 Å². The molecule has 0 aliphatic heterocycles.